The fraction of sp³-hybridized carbons (Fsp3) is 0.286. The van der Waals surface area contributed by atoms with Crippen LogP contribution in [-0.4, -0.2) is 28.7 Å². The molecule has 1 aliphatic rings. The fourth-order valence-corrected chi connectivity index (χ4v) is 3.25. The zero-order chi connectivity index (χ0) is 19.7. The number of nitrogens with one attached hydrogen (secondary N) is 1. The minimum absolute atomic E-state index is 0.0828. The van der Waals surface area contributed by atoms with Crippen molar-refractivity contribution in [1.82, 2.24) is 4.90 Å². The standard InChI is InChI=1S/C21H21FN2O3/c1-12(2)10-18(19(25)23-17-9-8-14(22)11-13(17)3)24-20(26)15-6-4-5-7-16(15)21(24)27/h4-9,11-12,18H,10H2,1-3H3,(H,23,25). The van der Waals surface area contributed by atoms with E-state index in [0.717, 1.165) is 4.90 Å². The van der Waals surface area contributed by atoms with Gasteiger partial charge in [0.25, 0.3) is 11.8 Å². The summed E-state index contributed by atoms with van der Waals surface area (Å²) in [5.41, 5.74) is 1.63. The normalized spacial score (nSPS) is 14.5. The number of nitrogens with zero attached hydrogens (tertiary/aromatic N) is 1. The number of rotatable bonds is 5. The quantitative estimate of drug-likeness (QED) is 0.817. The lowest BCUT2D eigenvalue weighted by Crippen LogP contribution is -2.48. The molecular weight excluding hydrogens is 347 g/mol. The average molecular weight is 368 g/mol. The Kier molecular flexibility index (Phi) is 5.08. The van der Waals surface area contributed by atoms with E-state index in [0.29, 0.717) is 28.8 Å². The van der Waals surface area contributed by atoms with Crippen LogP contribution in [0.5, 0.6) is 0 Å². The molecule has 0 fully saturated rings. The summed E-state index contributed by atoms with van der Waals surface area (Å²) in [6.45, 7) is 5.52. The minimum atomic E-state index is -0.943. The number of benzene rings is 2. The predicted molar refractivity (Wildman–Crippen MR) is 100.0 cm³/mol. The van der Waals surface area contributed by atoms with Crippen molar-refractivity contribution in [3.8, 4) is 0 Å². The molecule has 27 heavy (non-hydrogen) atoms. The van der Waals surface area contributed by atoms with E-state index >= 15 is 0 Å². The molecule has 0 saturated carbocycles. The molecule has 3 amide bonds. The van der Waals surface area contributed by atoms with Gasteiger partial charge < -0.3 is 5.32 Å². The molecule has 1 aliphatic heterocycles. The third-order valence-electron chi connectivity index (χ3n) is 4.58. The molecule has 0 aromatic heterocycles. The SMILES string of the molecule is Cc1cc(F)ccc1NC(=O)C(CC(C)C)N1C(=O)c2ccccc2C1=O. The van der Waals surface area contributed by atoms with Crippen LogP contribution in [0, 0.1) is 18.7 Å². The predicted octanol–water partition coefficient (Wildman–Crippen LogP) is 3.78. The highest BCUT2D eigenvalue weighted by Crippen LogP contribution is 2.28. The Balaban J connectivity index is 1.91. The number of carbonyl (C=O) groups is 3. The molecule has 2 aromatic carbocycles. The van der Waals surface area contributed by atoms with Crippen molar-refractivity contribution in [2.24, 2.45) is 5.92 Å². The van der Waals surface area contributed by atoms with Gasteiger partial charge >= 0.3 is 0 Å². The number of fused-ring (bicyclic) bond motifs is 1. The van der Waals surface area contributed by atoms with E-state index in [1.165, 1.54) is 18.2 Å². The Hall–Kier alpha value is -3.02. The van der Waals surface area contributed by atoms with E-state index in [1.54, 1.807) is 31.2 Å². The van der Waals surface area contributed by atoms with Crippen LogP contribution < -0.4 is 5.32 Å². The second kappa shape index (κ2) is 7.31. The summed E-state index contributed by atoms with van der Waals surface area (Å²) in [7, 11) is 0. The van der Waals surface area contributed by atoms with E-state index < -0.39 is 29.6 Å². The first-order valence-electron chi connectivity index (χ1n) is 8.83. The molecule has 3 rings (SSSR count). The number of hydrogen-bond donors (Lipinski definition) is 1. The van der Waals surface area contributed by atoms with Gasteiger partial charge in [0.05, 0.1) is 11.1 Å². The molecule has 140 valence electrons. The molecular formula is C21H21FN2O3. The molecule has 0 bridgehead atoms. The Morgan fingerprint density at radius 3 is 2.19 bits per heavy atom. The van der Waals surface area contributed by atoms with Crippen molar-refractivity contribution >= 4 is 23.4 Å². The minimum Gasteiger partial charge on any atom is -0.324 e. The lowest BCUT2D eigenvalue weighted by atomic mass is 10.0. The molecule has 1 N–H and O–H groups in total. The Morgan fingerprint density at radius 2 is 1.67 bits per heavy atom. The molecule has 2 aromatic rings. The maximum atomic E-state index is 13.3. The van der Waals surface area contributed by atoms with Crippen molar-refractivity contribution < 1.29 is 18.8 Å². The summed E-state index contributed by atoms with van der Waals surface area (Å²) in [5.74, 6) is -1.71. The van der Waals surface area contributed by atoms with Gasteiger partial charge in [-0.3, -0.25) is 19.3 Å². The highest BCUT2D eigenvalue weighted by molar-refractivity contribution is 6.23. The van der Waals surface area contributed by atoms with E-state index in [-0.39, 0.29) is 5.92 Å². The Bertz CT molecular complexity index is 888. The molecule has 6 heteroatoms. The fourth-order valence-electron chi connectivity index (χ4n) is 3.25. The first-order valence-corrected chi connectivity index (χ1v) is 8.83. The van der Waals surface area contributed by atoms with Crippen LogP contribution in [0.25, 0.3) is 0 Å². The Labute approximate surface area is 157 Å². The highest BCUT2D eigenvalue weighted by Gasteiger charge is 2.42. The van der Waals surface area contributed by atoms with Gasteiger partial charge in [0, 0.05) is 5.69 Å². The van der Waals surface area contributed by atoms with Gasteiger partial charge in [-0.25, -0.2) is 4.39 Å². The van der Waals surface area contributed by atoms with Gasteiger partial charge in [0.1, 0.15) is 11.9 Å². The second-order valence-electron chi connectivity index (χ2n) is 7.12. The smallest absolute Gasteiger partial charge is 0.262 e. The monoisotopic (exact) mass is 368 g/mol. The molecule has 0 aliphatic carbocycles. The van der Waals surface area contributed by atoms with Crippen LogP contribution in [0.3, 0.4) is 0 Å². The van der Waals surface area contributed by atoms with Gasteiger partial charge in [-0.15, -0.1) is 0 Å². The summed E-state index contributed by atoms with van der Waals surface area (Å²) in [4.78, 5) is 39.6. The van der Waals surface area contributed by atoms with Gasteiger partial charge in [-0.1, -0.05) is 26.0 Å². The van der Waals surface area contributed by atoms with E-state index in [9.17, 15) is 18.8 Å². The molecule has 0 radical (unpaired) electrons. The third-order valence-corrected chi connectivity index (χ3v) is 4.58. The van der Waals surface area contributed by atoms with Crippen molar-refractivity contribution in [2.75, 3.05) is 5.32 Å². The van der Waals surface area contributed by atoms with Crippen molar-refractivity contribution in [3.05, 3.63) is 65.0 Å². The summed E-state index contributed by atoms with van der Waals surface area (Å²) in [5, 5.41) is 2.74. The largest absolute Gasteiger partial charge is 0.324 e. The molecule has 0 saturated heterocycles. The molecule has 0 spiro atoms. The van der Waals surface area contributed by atoms with Crippen molar-refractivity contribution in [3.63, 3.8) is 0 Å². The maximum absolute atomic E-state index is 13.3. The van der Waals surface area contributed by atoms with Gasteiger partial charge in [0.15, 0.2) is 0 Å². The van der Waals surface area contributed by atoms with Crippen LogP contribution in [0.4, 0.5) is 10.1 Å². The third kappa shape index (κ3) is 3.60. The van der Waals surface area contributed by atoms with Crippen LogP contribution in [0.15, 0.2) is 42.5 Å². The first-order chi connectivity index (χ1) is 12.8. The lowest BCUT2D eigenvalue weighted by molar-refractivity contribution is -0.120. The zero-order valence-corrected chi connectivity index (χ0v) is 15.5. The number of anilines is 1. The second-order valence-corrected chi connectivity index (χ2v) is 7.12. The summed E-state index contributed by atoms with van der Waals surface area (Å²) in [6, 6.07) is 9.64. The number of aryl methyl sites for hydroxylation is 1. The van der Waals surface area contributed by atoms with Crippen molar-refractivity contribution in [2.45, 2.75) is 33.2 Å². The average Bonchev–Trinajstić information content (AvgIpc) is 2.86. The lowest BCUT2D eigenvalue weighted by Gasteiger charge is -2.27. The maximum Gasteiger partial charge on any atom is 0.262 e. The first kappa shape index (κ1) is 18.8. The van der Waals surface area contributed by atoms with E-state index in [2.05, 4.69) is 5.32 Å². The van der Waals surface area contributed by atoms with Gasteiger partial charge in [-0.05, 0) is 55.2 Å². The molecule has 1 heterocycles. The molecule has 5 nitrogen and oxygen atoms in total. The Morgan fingerprint density at radius 1 is 1.07 bits per heavy atom. The summed E-state index contributed by atoms with van der Waals surface area (Å²) < 4.78 is 13.3. The van der Waals surface area contributed by atoms with Crippen LogP contribution in [-0.2, 0) is 4.79 Å². The summed E-state index contributed by atoms with van der Waals surface area (Å²) in [6.07, 6.45) is 0.331. The zero-order valence-electron chi connectivity index (χ0n) is 15.5. The van der Waals surface area contributed by atoms with E-state index in [4.69, 9.17) is 0 Å². The molecule has 1 atom stereocenters. The van der Waals surface area contributed by atoms with Crippen LogP contribution >= 0.6 is 0 Å². The number of halogens is 1. The van der Waals surface area contributed by atoms with Crippen molar-refractivity contribution in [1.29, 1.82) is 0 Å². The number of hydrogen-bond acceptors (Lipinski definition) is 3. The topological polar surface area (TPSA) is 66.5 Å². The van der Waals surface area contributed by atoms with E-state index in [1.807, 2.05) is 13.8 Å². The molecule has 1 unspecified atom stereocenters. The number of amides is 3. The van der Waals surface area contributed by atoms with Gasteiger partial charge in [-0.2, -0.15) is 0 Å². The highest BCUT2D eigenvalue weighted by atomic mass is 19.1. The summed E-state index contributed by atoms with van der Waals surface area (Å²) >= 11 is 0. The van der Waals surface area contributed by atoms with Crippen LogP contribution in [0.1, 0.15) is 46.5 Å². The van der Waals surface area contributed by atoms with Crippen LogP contribution in [0.2, 0.25) is 0 Å². The number of carbonyl (C=O) groups excluding carboxylic acids is 3. The number of imide groups is 1. The van der Waals surface area contributed by atoms with Gasteiger partial charge in [0.2, 0.25) is 5.91 Å².